The van der Waals surface area contributed by atoms with E-state index in [-0.39, 0.29) is 12.0 Å². The fourth-order valence-electron chi connectivity index (χ4n) is 1.76. The van der Waals surface area contributed by atoms with Crippen molar-refractivity contribution in [1.82, 2.24) is 10.2 Å². The first-order chi connectivity index (χ1) is 7.52. The molecule has 1 fully saturated rings. The van der Waals surface area contributed by atoms with E-state index in [0.717, 1.165) is 6.42 Å². The van der Waals surface area contributed by atoms with Gasteiger partial charge in [0.05, 0.1) is 12.6 Å². The third-order valence-electron chi connectivity index (χ3n) is 2.59. The Morgan fingerprint density at radius 1 is 1.50 bits per heavy atom. The van der Waals surface area contributed by atoms with E-state index in [2.05, 4.69) is 5.32 Å². The molecule has 16 heavy (non-hydrogen) atoms. The number of ether oxygens (including phenoxy) is 1. The molecule has 92 valence electrons. The zero-order valence-corrected chi connectivity index (χ0v) is 9.60. The molecule has 0 aromatic rings. The van der Waals surface area contributed by atoms with Crippen LogP contribution in [-0.4, -0.2) is 61.3 Å². The smallest absolute Gasteiger partial charge is 0.332 e. The minimum Gasteiger partial charge on any atom is -0.479 e. The Hall–Kier alpha value is -1.14. The minimum absolute atomic E-state index is 0.0599. The van der Waals surface area contributed by atoms with E-state index in [9.17, 15) is 9.59 Å². The molecular formula is C10H18N2O4. The Labute approximate surface area is 94.6 Å². The highest BCUT2D eigenvalue weighted by Gasteiger charge is 2.30. The summed E-state index contributed by atoms with van der Waals surface area (Å²) in [6.07, 6.45) is 0.511. The van der Waals surface area contributed by atoms with Crippen molar-refractivity contribution in [3.63, 3.8) is 0 Å². The predicted molar refractivity (Wildman–Crippen MR) is 57.1 cm³/mol. The van der Waals surface area contributed by atoms with Crippen LogP contribution in [0.3, 0.4) is 0 Å². The zero-order chi connectivity index (χ0) is 12.1. The summed E-state index contributed by atoms with van der Waals surface area (Å²) in [7, 11) is 3.40. The number of carbonyl (C=O) groups excluding carboxylic acids is 1. The van der Waals surface area contributed by atoms with Gasteiger partial charge in [0.15, 0.2) is 6.10 Å². The average Bonchev–Trinajstić information content (AvgIpc) is 2.65. The molecule has 1 aliphatic heterocycles. The molecule has 1 heterocycles. The molecule has 0 aromatic carbocycles. The number of carbonyl (C=O) groups is 2. The lowest BCUT2D eigenvalue weighted by atomic mass is 10.2. The second-order valence-corrected chi connectivity index (χ2v) is 4.03. The van der Waals surface area contributed by atoms with Gasteiger partial charge in [0, 0.05) is 13.6 Å². The Balaban J connectivity index is 2.28. The standard InChI is InChI=1S/C10H18N2O4/c1-11-9(13)6-12(2)5-7-3-4-8(16-7)10(14)15/h7-8H,3-6H2,1-2H3,(H,11,13)(H,14,15). The SMILES string of the molecule is CNC(=O)CN(C)CC1CCC(C(=O)O)O1. The fraction of sp³-hybridized carbons (Fsp3) is 0.800. The molecule has 2 N–H and O–H groups in total. The molecular weight excluding hydrogens is 212 g/mol. The second kappa shape index (κ2) is 5.81. The van der Waals surface area contributed by atoms with Crippen molar-refractivity contribution in [3.8, 4) is 0 Å². The van der Waals surface area contributed by atoms with Crippen molar-refractivity contribution in [2.24, 2.45) is 0 Å². The summed E-state index contributed by atoms with van der Waals surface area (Å²) >= 11 is 0. The van der Waals surface area contributed by atoms with Gasteiger partial charge >= 0.3 is 5.97 Å². The maximum absolute atomic E-state index is 11.1. The first-order valence-electron chi connectivity index (χ1n) is 5.30. The van der Waals surface area contributed by atoms with Crippen LogP contribution in [0.2, 0.25) is 0 Å². The predicted octanol–water partition coefficient (Wildman–Crippen LogP) is -0.704. The largest absolute Gasteiger partial charge is 0.479 e. The Bertz CT molecular complexity index is 270. The van der Waals surface area contributed by atoms with Crippen LogP contribution in [0.25, 0.3) is 0 Å². The van der Waals surface area contributed by atoms with E-state index in [4.69, 9.17) is 9.84 Å². The van der Waals surface area contributed by atoms with Crippen LogP contribution in [0.4, 0.5) is 0 Å². The first-order valence-corrected chi connectivity index (χ1v) is 5.30. The molecule has 0 aromatic heterocycles. The highest BCUT2D eigenvalue weighted by atomic mass is 16.5. The summed E-state index contributed by atoms with van der Waals surface area (Å²) in [6, 6.07) is 0. The number of nitrogens with one attached hydrogen (secondary N) is 1. The van der Waals surface area contributed by atoms with E-state index >= 15 is 0 Å². The van der Waals surface area contributed by atoms with Crippen LogP contribution in [-0.2, 0) is 14.3 Å². The van der Waals surface area contributed by atoms with Gasteiger partial charge in [0.25, 0.3) is 0 Å². The number of aliphatic carboxylic acids is 1. The Kier molecular flexibility index (Phi) is 4.70. The number of hydrogen-bond acceptors (Lipinski definition) is 4. The number of likely N-dealkylation sites (N-methyl/N-ethyl adjacent to an activating group) is 2. The third kappa shape index (κ3) is 3.79. The van der Waals surface area contributed by atoms with Gasteiger partial charge in [-0.05, 0) is 19.9 Å². The fourth-order valence-corrected chi connectivity index (χ4v) is 1.76. The van der Waals surface area contributed by atoms with Crippen LogP contribution in [0.1, 0.15) is 12.8 Å². The molecule has 0 saturated carbocycles. The number of carboxylic acids is 1. The number of rotatable bonds is 5. The zero-order valence-electron chi connectivity index (χ0n) is 9.60. The summed E-state index contributed by atoms with van der Waals surface area (Å²) in [4.78, 5) is 23.6. The maximum Gasteiger partial charge on any atom is 0.332 e. The highest BCUT2D eigenvalue weighted by Crippen LogP contribution is 2.20. The highest BCUT2D eigenvalue weighted by molar-refractivity contribution is 5.77. The number of nitrogens with zero attached hydrogens (tertiary/aromatic N) is 1. The molecule has 2 unspecified atom stereocenters. The minimum atomic E-state index is -0.906. The van der Waals surface area contributed by atoms with Gasteiger partial charge in [-0.1, -0.05) is 0 Å². The van der Waals surface area contributed by atoms with Crippen LogP contribution in [0.15, 0.2) is 0 Å². The second-order valence-electron chi connectivity index (χ2n) is 4.03. The monoisotopic (exact) mass is 230 g/mol. The lowest BCUT2D eigenvalue weighted by Crippen LogP contribution is -2.37. The van der Waals surface area contributed by atoms with E-state index in [0.29, 0.717) is 19.5 Å². The quantitative estimate of drug-likeness (QED) is 0.652. The molecule has 2 atom stereocenters. The lowest BCUT2D eigenvalue weighted by Gasteiger charge is -2.19. The average molecular weight is 230 g/mol. The summed E-state index contributed by atoms with van der Waals surface area (Å²) < 4.78 is 5.34. The first kappa shape index (κ1) is 12.9. The summed E-state index contributed by atoms with van der Waals surface area (Å²) in [6.45, 7) is 0.880. The molecule has 0 radical (unpaired) electrons. The number of amides is 1. The molecule has 6 nitrogen and oxygen atoms in total. The Morgan fingerprint density at radius 3 is 2.69 bits per heavy atom. The van der Waals surface area contributed by atoms with Gasteiger partial charge in [-0.2, -0.15) is 0 Å². The van der Waals surface area contributed by atoms with Gasteiger partial charge in [-0.25, -0.2) is 4.79 Å². The molecule has 1 rings (SSSR count). The van der Waals surface area contributed by atoms with Gasteiger partial charge in [-0.3, -0.25) is 9.69 Å². The molecule has 6 heteroatoms. The summed E-state index contributed by atoms with van der Waals surface area (Å²) in [5.74, 6) is -0.966. The molecule has 0 aliphatic carbocycles. The molecule has 0 bridgehead atoms. The lowest BCUT2D eigenvalue weighted by molar-refractivity contribution is -0.149. The van der Waals surface area contributed by atoms with Gasteiger partial charge in [0.2, 0.25) is 5.91 Å². The van der Waals surface area contributed by atoms with Gasteiger partial charge in [0.1, 0.15) is 0 Å². The van der Waals surface area contributed by atoms with Gasteiger partial charge in [-0.15, -0.1) is 0 Å². The molecule has 1 amide bonds. The molecule has 1 aliphatic rings. The molecule has 0 spiro atoms. The van der Waals surface area contributed by atoms with Crippen LogP contribution in [0, 0.1) is 0 Å². The number of carboxylic acid groups (broad SMARTS) is 1. The van der Waals surface area contributed by atoms with Crippen molar-refractivity contribution >= 4 is 11.9 Å². The van der Waals surface area contributed by atoms with Crippen molar-refractivity contribution in [2.75, 3.05) is 27.2 Å². The van der Waals surface area contributed by atoms with E-state index in [1.54, 1.807) is 7.05 Å². The van der Waals surface area contributed by atoms with E-state index < -0.39 is 12.1 Å². The van der Waals surface area contributed by atoms with Crippen molar-refractivity contribution < 1.29 is 19.4 Å². The van der Waals surface area contributed by atoms with Crippen LogP contribution >= 0.6 is 0 Å². The maximum atomic E-state index is 11.1. The van der Waals surface area contributed by atoms with Crippen molar-refractivity contribution in [3.05, 3.63) is 0 Å². The normalized spacial score (nSPS) is 24.7. The third-order valence-corrected chi connectivity index (χ3v) is 2.59. The van der Waals surface area contributed by atoms with E-state index in [1.807, 2.05) is 11.9 Å². The van der Waals surface area contributed by atoms with E-state index in [1.165, 1.54) is 0 Å². The van der Waals surface area contributed by atoms with Gasteiger partial charge < -0.3 is 15.2 Å². The summed E-state index contributed by atoms with van der Waals surface area (Å²) in [5, 5.41) is 11.3. The summed E-state index contributed by atoms with van der Waals surface area (Å²) in [5.41, 5.74) is 0. The van der Waals surface area contributed by atoms with Crippen LogP contribution in [0.5, 0.6) is 0 Å². The number of hydrogen-bond donors (Lipinski definition) is 2. The molecule has 1 saturated heterocycles. The Morgan fingerprint density at radius 2 is 2.19 bits per heavy atom. The van der Waals surface area contributed by atoms with Crippen molar-refractivity contribution in [2.45, 2.75) is 25.0 Å². The van der Waals surface area contributed by atoms with Crippen LogP contribution < -0.4 is 5.32 Å². The topological polar surface area (TPSA) is 78.9 Å². The van der Waals surface area contributed by atoms with Crippen molar-refractivity contribution in [1.29, 1.82) is 0 Å².